The molecule has 1 aromatic rings. The number of nitroso groups, excluding NO2 is 1. The summed E-state index contributed by atoms with van der Waals surface area (Å²) in [7, 11) is 1.98. The van der Waals surface area contributed by atoms with Gasteiger partial charge in [0.15, 0.2) is 0 Å². The van der Waals surface area contributed by atoms with Gasteiger partial charge in [0.2, 0.25) is 0 Å². The fourth-order valence-corrected chi connectivity index (χ4v) is 2.25. The minimum Gasteiger partial charge on any atom is -0.307 e. The van der Waals surface area contributed by atoms with E-state index >= 15 is 0 Å². The molecule has 5 nitrogen and oxygen atoms in total. The van der Waals surface area contributed by atoms with Crippen LogP contribution in [0.25, 0.3) is 0 Å². The Labute approximate surface area is 108 Å². The fourth-order valence-electron chi connectivity index (χ4n) is 2.25. The van der Waals surface area contributed by atoms with Crippen molar-refractivity contribution in [3.63, 3.8) is 0 Å². The Hall–Kier alpha value is -1.30. The number of nitrogens with one attached hydrogen (secondary N) is 1. The van der Waals surface area contributed by atoms with E-state index in [9.17, 15) is 4.91 Å². The molecule has 0 spiro atoms. The van der Waals surface area contributed by atoms with Crippen molar-refractivity contribution in [2.75, 3.05) is 40.0 Å². The van der Waals surface area contributed by atoms with Gasteiger partial charge in [0, 0.05) is 26.3 Å². The quantitative estimate of drug-likeness (QED) is 0.773. The zero-order valence-electron chi connectivity index (χ0n) is 10.8. The van der Waals surface area contributed by atoms with Gasteiger partial charge in [-0.1, -0.05) is 12.1 Å². The fraction of sp³-hybridized carbons (Fsp3) is 0.538. The van der Waals surface area contributed by atoms with Gasteiger partial charge in [-0.15, -0.1) is 4.91 Å². The summed E-state index contributed by atoms with van der Waals surface area (Å²) < 4.78 is 0. The Bertz CT molecular complexity index is 379. The van der Waals surface area contributed by atoms with Gasteiger partial charge in [-0.25, -0.2) is 0 Å². The van der Waals surface area contributed by atoms with Gasteiger partial charge >= 0.3 is 0 Å². The van der Waals surface area contributed by atoms with E-state index < -0.39 is 0 Å². The number of nitrogens with zero attached hydrogens (tertiary/aromatic N) is 3. The molecule has 1 aromatic carbocycles. The molecule has 0 amide bonds. The van der Waals surface area contributed by atoms with Crippen LogP contribution in [0.15, 0.2) is 29.4 Å². The average Bonchev–Trinajstić information content (AvgIpc) is 2.85. The summed E-state index contributed by atoms with van der Waals surface area (Å²) >= 11 is 0. The molecule has 98 valence electrons. The minimum atomic E-state index is 0.500. The Kier molecular flexibility index (Phi) is 4.81. The maximum atomic E-state index is 10.3. The normalized spacial score (nSPS) is 17.2. The highest BCUT2D eigenvalue weighted by atomic mass is 16.3. The third-order valence-electron chi connectivity index (χ3n) is 3.27. The number of rotatable bonds is 6. The van der Waals surface area contributed by atoms with Crippen LogP contribution in [0.1, 0.15) is 5.56 Å². The summed E-state index contributed by atoms with van der Waals surface area (Å²) in [5, 5.41) is 6.08. The Morgan fingerprint density at radius 2 is 1.94 bits per heavy atom. The first-order valence-corrected chi connectivity index (χ1v) is 6.33. The summed E-state index contributed by atoms with van der Waals surface area (Å²) in [4.78, 5) is 15.1. The van der Waals surface area contributed by atoms with E-state index in [0.29, 0.717) is 5.69 Å². The van der Waals surface area contributed by atoms with Gasteiger partial charge < -0.3 is 5.32 Å². The molecule has 1 aliphatic rings. The van der Waals surface area contributed by atoms with Crippen LogP contribution in [0.5, 0.6) is 0 Å². The van der Waals surface area contributed by atoms with Crippen LogP contribution in [0.2, 0.25) is 0 Å². The van der Waals surface area contributed by atoms with Crippen molar-refractivity contribution in [2.45, 2.75) is 6.42 Å². The lowest BCUT2D eigenvalue weighted by molar-refractivity contribution is 0.239. The number of benzene rings is 1. The maximum Gasteiger partial charge on any atom is 0.108 e. The molecule has 1 saturated heterocycles. The van der Waals surface area contributed by atoms with Crippen molar-refractivity contribution in [2.24, 2.45) is 5.18 Å². The zero-order chi connectivity index (χ0) is 12.8. The second kappa shape index (κ2) is 6.58. The molecule has 0 radical (unpaired) electrons. The Balaban J connectivity index is 1.76. The van der Waals surface area contributed by atoms with Crippen LogP contribution in [-0.4, -0.2) is 49.8 Å². The van der Waals surface area contributed by atoms with Gasteiger partial charge in [-0.2, -0.15) is 0 Å². The largest absolute Gasteiger partial charge is 0.307 e. The van der Waals surface area contributed by atoms with Crippen LogP contribution in [0, 0.1) is 4.91 Å². The van der Waals surface area contributed by atoms with Gasteiger partial charge in [-0.3, -0.25) is 9.80 Å². The number of hydrogen-bond acceptors (Lipinski definition) is 5. The SMILES string of the molecule is CNCN1CCN(CCc2ccc(N=O)cc2)C1. The summed E-state index contributed by atoms with van der Waals surface area (Å²) in [6, 6.07) is 7.52. The molecular weight excluding hydrogens is 228 g/mol. The van der Waals surface area contributed by atoms with E-state index in [0.717, 1.165) is 39.4 Å². The molecule has 0 unspecified atom stereocenters. The predicted octanol–water partition coefficient (Wildman–Crippen LogP) is 1.38. The van der Waals surface area contributed by atoms with Gasteiger partial charge in [-0.05, 0) is 36.3 Å². The predicted molar refractivity (Wildman–Crippen MR) is 72.7 cm³/mol. The Morgan fingerprint density at radius 3 is 2.61 bits per heavy atom. The van der Waals surface area contributed by atoms with E-state index in [1.54, 1.807) is 12.1 Å². The van der Waals surface area contributed by atoms with Crippen molar-refractivity contribution in [1.29, 1.82) is 0 Å². The zero-order valence-corrected chi connectivity index (χ0v) is 10.8. The molecule has 18 heavy (non-hydrogen) atoms. The van der Waals surface area contributed by atoms with Crippen LogP contribution >= 0.6 is 0 Å². The maximum absolute atomic E-state index is 10.3. The average molecular weight is 248 g/mol. The van der Waals surface area contributed by atoms with Crippen LogP contribution in [0.4, 0.5) is 5.69 Å². The number of hydrogen-bond donors (Lipinski definition) is 1. The molecule has 1 N–H and O–H groups in total. The smallest absolute Gasteiger partial charge is 0.108 e. The van der Waals surface area contributed by atoms with Crippen molar-refractivity contribution in [1.82, 2.24) is 15.1 Å². The van der Waals surface area contributed by atoms with E-state index in [1.807, 2.05) is 19.2 Å². The second-order valence-corrected chi connectivity index (χ2v) is 4.67. The Morgan fingerprint density at radius 1 is 1.22 bits per heavy atom. The molecular formula is C13H20N4O. The van der Waals surface area contributed by atoms with E-state index in [4.69, 9.17) is 0 Å². The van der Waals surface area contributed by atoms with Gasteiger partial charge in [0.25, 0.3) is 0 Å². The van der Waals surface area contributed by atoms with Gasteiger partial charge in [0.05, 0.1) is 6.67 Å². The van der Waals surface area contributed by atoms with Gasteiger partial charge in [0.1, 0.15) is 5.69 Å². The lowest BCUT2D eigenvalue weighted by atomic mass is 10.1. The van der Waals surface area contributed by atoms with E-state index in [2.05, 4.69) is 20.3 Å². The standard InChI is InChI=1S/C13H20N4O/c1-14-10-17-9-8-16(11-17)7-6-12-2-4-13(15-18)5-3-12/h2-5,14H,6-11H2,1H3. The highest BCUT2D eigenvalue weighted by Crippen LogP contribution is 2.13. The summed E-state index contributed by atoms with van der Waals surface area (Å²) in [5.74, 6) is 0. The van der Waals surface area contributed by atoms with Crippen LogP contribution in [0.3, 0.4) is 0 Å². The molecule has 5 heteroatoms. The third-order valence-corrected chi connectivity index (χ3v) is 3.27. The molecule has 0 aromatic heterocycles. The lowest BCUT2D eigenvalue weighted by Gasteiger charge is -2.17. The van der Waals surface area contributed by atoms with Crippen molar-refractivity contribution < 1.29 is 0 Å². The highest BCUT2D eigenvalue weighted by molar-refractivity contribution is 5.38. The molecule has 2 rings (SSSR count). The minimum absolute atomic E-state index is 0.500. The molecule has 0 aliphatic carbocycles. The van der Waals surface area contributed by atoms with Crippen LogP contribution < -0.4 is 5.32 Å². The summed E-state index contributed by atoms with van der Waals surface area (Å²) in [6.07, 6.45) is 1.02. The summed E-state index contributed by atoms with van der Waals surface area (Å²) in [6.45, 7) is 5.32. The first kappa shape index (κ1) is 13.1. The molecule has 0 atom stereocenters. The van der Waals surface area contributed by atoms with Crippen molar-refractivity contribution in [3.8, 4) is 0 Å². The van der Waals surface area contributed by atoms with E-state index in [-0.39, 0.29) is 0 Å². The second-order valence-electron chi connectivity index (χ2n) is 4.67. The van der Waals surface area contributed by atoms with E-state index in [1.165, 1.54) is 5.56 Å². The molecule has 1 fully saturated rings. The highest BCUT2D eigenvalue weighted by Gasteiger charge is 2.18. The first-order chi connectivity index (χ1) is 8.81. The molecule has 0 saturated carbocycles. The first-order valence-electron chi connectivity index (χ1n) is 6.33. The molecule has 1 aliphatic heterocycles. The van der Waals surface area contributed by atoms with Crippen molar-refractivity contribution >= 4 is 5.69 Å². The van der Waals surface area contributed by atoms with Crippen LogP contribution in [-0.2, 0) is 6.42 Å². The molecule has 1 heterocycles. The topological polar surface area (TPSA) is 47.9 Å². The van der Waals surface area contributed by atoms with Crippen molar-refractivity contribution in [3.05, 3.63) is 34.7 Å². The lowest BCUT2D eigenvalue weighted by Crippen LogP contribution is -2.32. The third kappa shape index (κ3) is 3.60. The molecule has 0 bridgehead atoms. The monoisotopic (exact) mass is 248 g/mol. The summed E-state index contributed by atoms with van der Waals surface area (Å²) in [5.41, 5.74) is 1.76.